The predicted molar refractivity (Wildman–Crippen MR) is 63.1 cm³/mol. The Morgan fingerprint density at radius 2 is 2.19 bits per heavy atom. The summed E-state index contributed by atoms with van der Waals surface area (Å²) in [6.45, 7) is 0. The van der Waals surface area contributed by atoms with Crippen LogP contribution in [0.4, 0.5) is 0 Å². The van der Waals surface area contributed by atoms with Crippen LogP contribution >= 0.6 is 0 Å². The van der Waals surface area contributed by atoms with Crippen molar-refractivity contribution in [2.24, 2.45) is 5.92 Å². The zero-order valence-electron chi connectivity index (χ0n) is 9.51. The summed E-state index contributed by atoms with van der Waals surface area (Å²) in [4.78, 5) is 10.2. The molecule has 0 radical (unpaired) electrons. The van der Waals surface area contributed by atoms with Crippen molar-refractivity contribution < 1.29 is 15.0 Å². The first-order valence-electron chi connectivity index (χ1n) is 5.93. The van der Waals surface area contributed by atoms with E-state index in [4.69, 9.17) is 5.11 Å². The lowest BCUT2D eigenvalue weighted by Gasteiger charge is -2.07. The highest BCUT2D eigenvalue weighted by atomic mass is 16.4. The molecule has 0 aromatic carbocycles. The van der Waals surface area contributed by atoms with Gasteiger partial charge in [-0.05, 0) is 25.7 Å². The van der Waals surface area contributed by atoms with Crippen molar-refractivity contribution in [3.63, 3.8) is 0 Å². The number of aliphatic carboxylic acids is 1. The molecular weight excluding hydrogens is 204 g/mol. The molecule has 0 spiro atoms. The van der Waals surface area contributed by atoms with Gasteiger partial charge in [0.25, 0.3) is 0 Å². The molecular formula is C13H20O3. The average molecular weight is 224 g/mol. The Bertz CT molecular complexity index is 268. The summed E-state index contributed by atoms with van der Waals surface area (Å²) in [6.07, 6.45) is 12.7. The fourth-order valence-electron chi connectivity index (χ4n) is 1.82. The molecule has 0 saturated heterocycles. The SMILES string of the molecule is O=C(O)CCCCCC=CC1C=CCC1O. The smallest absolute Gasteiger partial charge is 0.303 e. The van der Waals surface area contributed by atoms with E-state index in [1.54, 1.807) is 0 Å². The van der Waals surface area contributed by atoms with E-state index < -0.39 is 5.97 Å². The Balaban J connectivity index is 2.00. The van der Waals surface area contributed by atoms with E-state index in [0.717, 1.165) is 32.1 Å². The van der Waals surface area contributed by atoms with Gasteiger partial charge in [-0.25, -0.2) is 0 Å². The maximum atomic E-state index is 10.2. The van der Waals surface area contributed by atoms with Gasteiger partial charge in [-0.1, -0.05) is 30.7 Å². The molecule has 0 bridgehead atoms. The van der Waals surface area contributed by atoms with E-state index >= 15 is 0 Å². The highest BCUT2D eigenvalue weighted by Gasteiger charge is 2.16. The number of hydrogen-bond donors (Lipinski definition) is 2. The van der Waals surface area contributed by atoms with Crippen molar-refractivity contribution in [1.82, 2.24) is 0 Å². The number of carbonyl (C=O) groups is 1. The Hall–Kier alpha value is -1.09. The van der Waals surface area contributed by atoms with Gasteiger partial charge in [-0.15, -0.1) is 0 Å². The van der Waals surface area contributed by atoms with Gasteiger partial charge in [0.2, 0.25) is 0 Å². The van der Waals surface area contributed by atoms with Gasteiger partial charge in [-0.3, -0.25) is 4.79 Å². The van der Waals surface area contributed by atoms with Gasteiger partial charge in [0.05, 0.1) is 6.10 Å². The van der Waals surface area contributed by atoms with Gasteiger partial charge in [0, 0.05) is 12.3 Å². The number of aliphatic hydroxyl groups is 1. The normalized spacial score (nSPS) is 24.3. The largest absolute Gasteiger partial charge is 0.481 e. The first kappa shape index (κ1) is 13.0. The quantitative estimate of drug-likeness (QED) is 0.516. The van der Waals surface area contributed by atoms with Gasteiger partial charge in [0.1, 0.15) is 0 Å². The van der Waals surface area contributed by atoms with Crippen LogP contribution in [0.15, 0.2) is 24.3 Å². The lowest BCUT2D eigenvalue weighted by Crippen LogP contribution is -2.10. The predicted octanol–water partition coefficient (Wildman–Crippen LogP) is 2.51. The molecule has 3 nitrogen and oxygen atoms in total. The maximum absolute atomic E-state index is 10.2. The van der Waals surface area contributed by atoms with Crippen molar-refractivity contribution in [3.8, 4) is 0 Å². The summed E-state index contributed by atoms with van der Waals surface area (Å²) in [5.41, 5.74) is 0. The molecule has 0 aromatic heterocycles. The molecule has 2 atom stereocenters. The molecule has 1 aliphatic carbocycles. The summed E-state index contributed by atoms with van der Waals surface area (Å²) in [7, 11) is 0. The molecule has 2 unspecified atom stereocenters. The van der Waals surface area contributed by atoms with Crippen molar-refractivity contribution in [2.45, 2.75) is 44.6 Å². The topological polar surface area (TPSA) is 57.5 Å². The van der Waals surface area contributed by atoms with Crippen molar-refractivity contribution >= 4 is 5.97 Å². The zero-order valence-corrected chi connectivity index (χ0v) is 9.51. The number of carboxylic acid groups (broad SMARTS) is 1. The zero-order chi connectivity index (χ0) is 11.8. The highest BCUT2D eigenvalue weighted by molar-refractivity contribution is 5.66. The van der Waals surface area contributed by atoms with E-state index in [1.165, 1.54) is 0 Å². The Labute approximate surface area is 96.5 Å². The van der Waals surface area contributed by atoms with Crippen LogP contribution in [-0.4, -0.2) is 22.3 Å². The Kier molecular flexibility index (Phi) is 5.86. The second-order valence-electron chi connectivity index (χ2n) is 4.23. The molecule has 0 aromatic rings. The lowest BCUT2D eigenvalue weighted by atomic mass is 10.0. The van der Waals surface area contributed by atoms with Gasteiger partial charge in [-0.2, -0.15) is 0 Å². The second kappa shape index (κ2) is 7.23. The van der Waals surface area contributed by atoms with E-state index in [9.17, 15) is 9.90 Å². The first-order chi connectivity index (χ1) is 7.70. The molecule has 16 heavy (non-hydrogen) atoms. The molecule has 2 N–H and O–H groups in total. The van der Waals surface area contributed by atoms with Gasteiger partial charge in [0.15, 0.2) is 0 Å². The molecule has 3 heteroatoms. The minimum Gasteiger partial charge on any atom is -0.481 e. The third-order valence-corrected chi connectivity index (χ3v) is 2.80. The van der Waals surface area contributed by atoms with Crippen LogP contribution in [0.1, 0.15) is 38.5 Å². The highest BCUT2D eigenvalue weighted by Crippen LogP contribution is 2.19. The van der Waals surface area contributed by atoms with E-state index in [-0.39, 0.29) is 18.4 Å². The standard InChI is InChI=1S/C13H20O3/c14-12-9-6-8-11(12)7-4-2-1-3-5-10-13(15)16/h4,6-8,11-12,14H,1-3,5,9-10H2,(H,15,16). The Morgan fingerprint density at radius 1 is 1.38 bits per heavy atom. The van der Waals surface area contributed by atoms with Crippen LogP contribution in [0.5, 0.6) is 0 Å². The number of carboxylic acids is 1. The summed E-state index contributed by atoms with van der Waals surface area (Å²) in [5.74, 6) is -0.534. The van der Waals surface area contributed by atoms with Crippen LogP contribution in [0, 0.1) is 5.92 Å². The number of hydrogen-bond acceptors (Lipinski definition) is 2. The number of aliphatic hydroxyl groups excluding tert-OH is 1. The first-order valence-corrected chi connectivity index (χ1v) is 5.93. The van der Waals surface area contributed by atoms with E-state index in [0.29, 0.717) is 0 Å². The minimum absolute atomic E-state index is 0.180. The van der Waals surface area contributed by atoms with E-state index in [1.807, 2.05) is 18.2 Å². The monoisotopic (exact) mass is 224 g/mol. The number of allylic oxidation sites excluding steroid dienone is 1. The number of rotatable bonds is 7. The third kappa shape index (κ3) is 5.12. The summed E-state index contributed by atoms with van der Waals surface area (Å²) >= 11 is 0. The van der Waals surface area contributed by atoms with E-state index in [2.05, 4.69) is 6.08 Å². The minimum atomic E-state index is -0.713. The summed E-state index contributed by atoms with van der Waals surface area (Å²) < 4.78 is 0. The average Bonchev–Trinajstić information content (AvgIpc) is 2.62. The van der Waals surface area contributed by atoms with Crippen molar-refractivity contribution in [2.75, 3.05) is 0 Å². The fraction of sp³-hybridized carbons (Fsp3) is 0.615. The van der Waals surface area contributed by atoms with Crippen molar-refractivity contribution in [3.05, 3.63) is 24.3 Å². The molecule has 0 fully saturated rings. The van der Waals surface area contributed by atoms with Gasteiger partial charge < -0.3 is 10.2 Å². The van der Waals surface area contributed by atoms with Crippen LogP contribution in [0.2, 0.25) is 0 Å². The second-order valence-corrected chi connectivity index (χ2v) is 4.23. The summed E-state index contributed by atoms with van der Waals surface area (Å²) in [6, 6.07) is 0. The molecule has 0 amide bonds. The summed E-state index contributed by atoms with van der Waals surface area (Å²) in [5, 5.41) is 18.0. The fourth-order valence-corrected chi connectivity index (χ4v) is 1.82. The molecule has 0 aliphatic heterocycles. The maximum Gasteiger partial charge on any atom is 0.303 e. The van der Waals surface area contributed by atoms with Crippen LogP contribution in [-0.2, 0) is 4.79 Å². The van der Waals surface area contributed by atoms with Crippen LogP contribution in [0.3, 0.4) is 0 Å². The molecule has 0 heterocycles. The molecule has 1 aliphatic rings. The van der Waals surface area contributed by atoms with Gasteiger partial charge >= 0.3 is 5.97 Å². The molecule has 1 rings (SSSR count). The lowest BCUT2D eigenvalue weighted by molar-refractivity contribution is -0.137. The van der Waals surface area contributed by atoms with Crippen LogP contribution < -0.4 is 0 Å². The van der Waals surface area contributed by atoms with Crippen LogP contribution in [0.25, 0.3) is 0 Å². The third-order valence-electron chi connectivity index (χ3n) is 2.80. The molecule has 90 valence electrons. The number of unbranched alkanes of at least 4 members (excludes halogenated alkanes) is 3. The molecule has 0 saturated carbocycles. The Morgan fingerprint density at radius 3 is 2.81 bits per heavy atom. The van der Waals surface area contributed by atoms with Crippen molar-refractivity contribution in [1.29, 1.82) is 0 Å².